The van der Waals surface area contributed by atoms with Crippen molar-refractivity contribution in [2.24, 2.45) is 0 Å². The number of aromatic nitrogens is 1. The van der Waals surface area contributed by atoms with Crippen molar-refractivity contribution >= 4 is 11.6 Å². The number of nitrogens with zero attached hydrogens (tertiary/aromatic N) is 1. The number of oxazole rings is 1. The number of carbonyl (C=O) groups is 1. The average Bonchev–Trinajstić information content (AvgIpc) is 2.80. The molecular formula is C13H13F2N3O2. The Hall–Kier alpha value is -2.28. The highest BCUT2D eigenvalue weighted by Crippen LogP contribution is 2.17. The Morgan fingerprint density at radius 1 is 1.35 bits per heavy atom. The third-order valence-electron chi connectivity index (χ3n) is 2.46. The summed E-state index contributed by atoms with van der Waals surface area (Å²) in [5, 5.41) is 4.93. The van der Waals surface area contributed by atoms with Gasteiger partial charge in [0.1, 0.15) is 23.1 Å². The van der Waals surface area contributed by atoms with Crippen LogP contribution in [-0.2, 0) is 11.3 Å². The second-order valence-corrected chi connectivity index (χ2v) is 4.11. The van der Waals surface area contributed by atoms with E-state index in [4.69, 9.17) is 4.42 Å². The van der Waals surface area contributed by atoms with E-state index >= 15 is 0 Å². The lowest BCUT2D eigenvalue weighted by atomic mass is 10.3. The first-order valence-corrected chi connectivity index (χ1v) is 5.92. The maximum absolute atomic E-state index is 13.3. The Balaban J connectivity index is 1.84. The Labute approximate surface area is 114 Å². The van der Waals surface area contributed by atoms with Gasteiger partial charge in [-0.1, -0.05) is 6.07 Å². The summed E-state index contributed by atoms with van der Waals surface area (Å²) in [5.41, 5.74) is -0.453. The minimum Gasteiger partial charge on any atom is -0.445 e. The van der Waals surface area contributed by atoms with Crippen molar-refractivity contribution in [1.29, 1.82) is 0 Å². The number of halogens is 2. The molecule has 0 aliphatic carbocycles. The molecule has 106 valence electrons. The van der Waals surface area contributed by atoms with Crippen LogP contribution in [0.2, 0.25) is 0 Å². The standard InChI is InChI=1S/C13H13F2N3O2/c1-8-5-17-12(20-8)7-16-6-11(19)18-13-9(14)3-2-4-10(13)15/h2-5,16H,6-7H2,1H3,(H,18,19). The lowest BCUT2D eigenvalue weighted by Crippen LogP contribution is -2.28. The van der Waals surface area contributed by atoms with Gasteiger partial charge in [-0.05, 0) is 19.1 Å². The molecule has 2 rings (SSSR count). The number of rotatable bonds is 5. The molecule has 5 nitrogen and oxygen atoms in total. The van der Waals surface area contributed by atoms with Crippen LogP contribution in [0.1, 0.15) is 11.7 Å². The molecule has 1 aromatic heterocycles. The zero-order chi connectivity index (χ0) is 14.5. The summed E-state index contributed by atoms with van der Waals surface area (Å²) in [6.45, 7) is 1.89. The molecule has 1 aromatic carbocycles. The van der Waals surface area contributed by atoms with E-state index in [0.29, 0.717) is 11.7 Å². The number of anilines is 1. The number of hydrogen-bond acceptors (Lipinski definition) is 4. The van der Waals surface area contributed by atoms with E-state index in [9.17, 15) is 13.6 Å². The van der Waals surface area contributed by atoms with E-state index in [1.807, 2.05) is 0 Å². The number of amides is 1. The number of benzene rings is 1. The van der Waals surface area contributed by atoms with Gasteiger partial charge in [-0.2, -0.15) is 0 Å². The first-order chi connectivity index (χ1) is 9.56. The maximum Gasteiger partial charge on any atom is 0.238 e. The van der Waals surface area contributed by atoms with Crippen LogP contribution in [0.15, 0.2) is 28.8 Å². The van der Waals surface area contributed by atoms with Crippen molar-refractivity contribution in [2.75, 3.05) is 11.9 Å². The van der Waals surface area contributed by atoms with Crippen molar-refractivity contribution in [1.82, 2.24) is 10.3 Å². The molecule has 0 unspecified atom stereocenters. The van der Waals surface area contributed by atoms with E-state index in [0.717, 1.165) is 12.1 Å². The molecule has 0 spiro atoms. The highest BCUT2D eigenvalue weighted by Gasteiger charge is 2.11. The molecule has 0 bridgehead atoms. The molecule has 7 heteroatoms. The van der Waals surface area contributed by atoms with Crippen LogP contribution < -0.4 is 10.6 Å². The molecule has 0 saturated heterocycles. The summed E-state index contributed by atoms with van der Waals surface area (Å²) in [4.78, 5) is 15.5. The number of para-hydroxylation sites is 1. The van der Waals surface area contributed by atoms with Gasteiger partial charge in [0.2, 0.25) is 11.8 Å². The van der Waals surface area contributed by atoms with Crippen LogP contribution in [0.3, 0.4) is 0 Å². The van der Waals surface area contributed by atoms with Crippen LogP contribution >= 0.6 is 0 Å². The fourth-order valence-electron chi connectivity index (χ4n) is 1.57. The summed E-state index contributed by atoms with van der Waals surface area (Å²) < 4.78 is 31.8. The van der Waals surface area contributed by atoms with Gasteiger partial charge in [-0.15, -0.1) is 0 Å². The van der Waals surface area contributed by atoms with Gasteiger partial charge >= 0.3 is 0 Å². The Morgan fingerprint density at radius 2 is 2.05 bits per heavy atom. The number of carbonyl (C=O) groups excluding carboxylic acids is 1. The molecule has 2 aromatic rings. The molecule has 0 fully saturated rings. The molecule has 0 atom stereocenters. The quantitative estimate of drug-likeness (QED) is 0.879. The fraction of sp³-hybridized carbons (Fsp3) is 0.231. The van der Waals surface area contributed by atoms with Crippen LogP contribution in [0, 0.1) is 18.6 Å². The molecule has 2 N–H and O–H groups in total. The zero-order valence-electron chi connectivity index (χ0n) is 10.7. The minimum atomic E-state index is -0.818. The van der Waals surface area contributed by atoms with Crippen LogP contribution in [0.4, 0.5) is 14.5 Å². The predicted molar refractivity (Wildman–Crippen MR) is 67.9 cm³/mol. The second-order valence-electron chi connectivity index (χ2n) is 4.11. The zero-order valence-corrected chi connectivity index (χ0v) is 10.7. The summed E-state index contributed by atoms with van der Waals surface area (Å²) >= 11 is 0. The fourth-order valence-corrected chi connectivity index (χ4v) is 1.57. The van der Waals surface area contributed by atoms with Gasteiger partial charge in [0.05, 0.1) is 19.3 Å². The summed E-state index contributed by atoms with van der Waals surface area (Å²) in [5.74, 6) is -1.09. The first-order valence-electron chi connectivity index (χ1n) is 5.92. The van der Waals surface area contributed by atoms with Gasteiger partial charge in [-0.25, -0.2) is 13.8 Å². The molecule has 0 aliphatic heterocycles. The van der Waals surface area contributed by atoms with Crippen molar-refractivity contribution < 1.29 is 18.0 Å². The number of aryl methyl sites for hydroxylation is 1. The van der Waals surface area contributed by atoms with E-state index in [1.165, 1.54) is 6.07 Å². The van der Waals surface area contributed by atoms with Crippen molar-refractivity contribution in [2.45, 2.75) is 13.5 Å². The number of nitrogens with one attached hydrogen (secondary N) is 2. The normalized spacial score (nSPS) is 10.6. The van der Waals surface area contributed by atoms with Crippen molar-refractivity contribution in [3.05, 3.63) is 47.7 Å². The Morgan fingerprint density at radius 3 is 2.65 bits per heavy atom. The molecule has 1 heterocycles. The monoisotopic (exact) mass is 281 g/mol. The largest absolute Gasteiger partial charge is 0.445 e. The Kier molecular flexibility index (Phi) is 4.41. The number of hydrogen-bond donors (Lipinski definition) is 2. The van der Waals surface area contributed by atoms with Gasteiger partial charge in [0.25, 0.3) is 0 Å². The highest BCUT2D eigenvalue weighted by atomic mass is 19.1. The Bertz CT molecular complexity index is 593. The molecule has 0 radical (unpaired) electrons. The smallest absolute Gasteiger partial charge is 0.238 e. The van der Waals surface area contributed by atoms with Gasteiger partial charge in [0.15, 0.2) is 0 Å². The molecule has 0 aliphatic rings. The van der Waals surface area contributed by atoms with Gasteiger partial charge in [0, 0.05) is 0 Å². The molecular weight excluding hydrogens is 268 g/mol. The van der Waals surface area contributed by atoms with Crippen molar-refractivity contribution in [3.8, 4) is 0 Å². The predicted octanol–water partition coefficient (Wildman–Crippen LogP) is 1.99. The molecule has 1 amide bonds. The third-order valence-corrected chi connectivity index (χ3v) is 2.46. The van der Waals surface area contributed by atoms with Crippen LogP contribution in [0.25, 0.3) is 0 Å². The van der Waals surface area contributed by atoms with Crippen molar-refractivity contribution in [3.63, 3.8) is 0 Å². The van der Waals surface area contributed by atoms with Gasteiger partial charge < -0.3 is 9.73 Å². The summed E-state index contributed by atoms with van der Waals surface area (Å²) in [6.07, 6.45) is 1.56. The van der Waals surface area contributed by atoms with Gasteiger partial charge in [-0.3, -0.25) is 10.1 Å². The van der Waals surface area contributed by atoms with E-state index in [1.54, 1.807) is 13.1 Å². The van der Waals surface area contributed by atoms with E-state index in [-0.39, 0.29) is 13.1 Å². The average molecular weight is 281 g/mol. The minimum absolute atomic E-state index is 0.116. The summed E-state index contributed by atoms with van der Waals surface area (Å²) in [6, 6.07) is 3.37. The molecule has 20 heavy (non-hydrogen) atoms. The van der Waals surface area contributed by atoms with Crippen LogP contribution in [-0.4, -0.2) is 17.4 Å². The molecule has 0 saturated carbocycles. The second kappa shape index (κ2) is 6.25. The van der Waals surface area contributed by atoms with E-state index < -0.39 is 23.2 Å². The first kappa shape index (κ1) is 14.1. The third kappa shape index (κ3) is 3.61. The van der Waals surface area contributed by atoms with E-state index in [2.05, 4.69) is 15.6 Å². The maximum atomic E-state index is 13.3. The SMILES string of the molecule is Cc1cnc(CNCC(=O)Nc2c(F)cccc2F)o1. The lowest BCUT2D eigenvalue weighted by molar-refractivity contribution is -0.115. The van der Waals surface area contributed by atoms with Crippen LogP contribution in [0.5, 0.6) is 0 Å². The lowest BCUT2D eigenvalue weighted by Gasteiger charge is -2.07. The topological polar surface area (TPSA) is 67.2 Å². The highest BCUT2D eigenvalue weighted by molar-refractivity contribution is 5.92. The summed E-state index contributed by atoms with van der Waals surface area (Å²) in [7, 11) is 0.